The first-order valence-electron chi connectivity index (χ1n) is 7.92. The smallest absolute Gasteiger partial charge is 0.315 e. The highest BCUT2D eigenvalue weighted by atomic mass is 16.5. The van der Waals surface area contributed by atoms with Crippen molar-refractivity contribution in [3.63, 3.8) is 0 Å². The first-order valence-corrected chi connectivity index (χ1v) is 7.92. The molecule has 0 bridgehead atoms. The summed E-state index contributed by atoms with van der Waals surface area (Å²) in [7, 11) is 1.63. The zero-order valence-electron chi connectivity index (χ0n) is 14.0. The van der Waals surface area contributed by atoms with Gasteiger partial charge in [-0.2, -0.15) is 0 Å². The summed E-state index contributed by atoms with van der Waals surface area (Å²) in [4.78, 5) is 25.8. The van der Waals surface area contributed by atoms with Gasteiger partial charge in [-0.1, -0.05) is 6.07 Å². The van der Waals surface area contributed by atoms with E-state index in [4.69, 9.17) is 4.74 Å². The number of urea groups is 1. The maximum absolute atomic E-state index is 12.2. The van der Waals surface area contributed by atoms with Crippen molar-refractivity contribution in [1.82, 2.24) is 10.6 Å². The second-order valence-electron chi connectivity index (χ2n) is 5.92. The van der Waals surface area contributed by atoms with Crippen molar-refractivity contribution in [3.8, 4) is 0 Å². The van der Waals surface area contributed by atoms with Gasteiger partial charge in [-0.25, -0.2) is 4.79 Å². The maximum Gasteiger partial charge on any atom is 0.315 e. The predicted octanol–water partition coefficient (Wildman–Crippen LogP) is 1.74. The van der Waals surface area contributed by atoms with Crippen LogP contribution in [0.5, 0.6) is 0 Å². The number of benzene rings is 1. The van der Waals surface area contributed by atoms with Crippen molar-refractivity contribution < 1.29 is 14.3 Å². The minimum atomic E-state index is -0.235. The SMILES string of the molecule is COCCCNC(=O)NC1CC(=O)N(c2ccc(C)c(C)c2)C1. The molecular formula is C17H25N3O3. The number of nitrogens with zero attached hydrogens (tertiary/aromatic N) is 1. The van der Waals surface area contributed by atoms with Crippen LogP contribution in [0.25, 0.3) is 0 Å². The molecule has 6 heteroatoms. The molecule has 2 N–H and O–H groups in total. The molecule has 0 spiro atoms. The summed E-state index contributed by atoms with van der Waals surface area (Å²) < 4.78 is 4.93. The third-order valence-electron chi connectivity index (χ3n) is 4.07. The molecule has 2 rings (SSSR count). The van der Waals surface area contributed by atoms with Gasteiger partial charge in [0.2, 0.25) is 5.91 Å². The average Bonchev–Trinajstić information content (AvgIpc) is 2.87. The van der Waals surface area contributed by atoms with Crippen LogP contribution in [0.15, 0.2) is 18.2 Å². The Balaban J connectivity index is 1.87. The Kier molecular flexibility index (Phi) is 5.98. The van der Waals surface area contributed by atoms with Crippen LogP contribution in [0, 0.1) is 13.8 Å². The second-order valence-corrected chi connectivity index (χ2v) is 5.92. The van der Waals surface area contributed by atoms with E-state index < -0.39 is 0 Å². The van der Waals surface area contributed by atoms with Gasteiger partial charge < -0.3 is 20.3 Å². The summed E-state index contributed by atoms with van der Waals surface area (Å²) >= 11 is 0. The van der Waals surface area contributed by atoms with Gasteiger partial charge in [-0.05, 0) is 43.5 Å². The van der Waals surface area contributed by atoms with Crippen molar-refractivity contribution in [2.24, 2.45) is 0 Å². The maximum atomic E-state index is 12.2. The monoisotopic (exact) mass is 319 g/mol. The Labute approximate surface area is 137 Å². The van der Waals surface area contributed by atoms with Crippen LogP contribution in [0.3, 0.4) is 0 Å². The molecule has 1 atom stereocenters. The van der Waals surface area contributed by atoms with Crippen LogP contribution in [-0.2, 0) is 9.53 Å². The molecule has 0 aromatic heterocycles. The van der Waals surface area contributed by atoms with Crippen molar-refractivity contribution in [2.75, 3.05) is 31.7 Å². The third kappa shape index (κ3) is 4.69. The molecule has 3 amide bonds. The van der Waals surface area contributed by atoms with E-state index in [1.54, 1.807) is 12.0 Å². The minimum absolute atomic E-state index is 0.0398. The first-order chi connectivity index (χ1) is 11.0. The quantitative estimate of drug-likeness (QED) is 0.785. The van der Waals surface area contributed by atoms with Crippen molar-refractivity contribution in [1.29, 1.82) is 0 Å². The number of anilines is 1. The van der Waals surface area contributed by atoms with Crippen LogP contribution < -0.4 is 15.5 Å². The number of hydrogen-bond donors (Lipinski definition) is 2. The number of hydrogen-bond acceptors (Lipinski definition) is 3. The molecule has 0 saturated carbocycles. The zero-order chi connectivity index (χ0) is 16.8. The molecule has 1 fully saturated rings. The lowest BCUT2D eigenvalue weighted by Gasteiger charge is -2.18. The molecule has 0 radical (unpaired) electrons. The number of amides is 3. The van der Waals surface area contributed by atoms with Gasteiger partial charge in [0.05, 0.1) is 6.04 Å². The highest BCUT2D eigenvalue weighted by Crippen LogP contribution is 2.23. The summed E-state index contributed by atoms with van der Waals surface area (Å²) in [6.45, 7) is 5.75. The van der Waals surface area contributed by atoms with E-state index in [0.717, 1.165) is 17.7 Å². The molecule has 1 aliphatic rings. The van der Waals surface area contributed by atoms with Crippen LogP contribution in [-0.4, -0.2) is 44.8 Å². The van der Waals surface area contributed by atoms with E-state index in [9.17, 15) is 9.59 Å². The molecule has 1 aliphatic heterocycles. The fraction of sp³-hybridized carbons (Fsp3) is 0.529. The third-order valence-corrected chi connectivity index (χ3v) is 4.07. The lowest BCUT2D eigenvalue weighted by Crippen LogP contribution is -2.43. The normalized spacial score (nSPS) is 17.4. The predicted molar refractivity (Wildman–Crippen MR) is 89.7 cm³/mol. The van der Waals surface area contributed by atoms with Crippen molar-refractivity contribution >= 4 is 17.6 Å². The van der Waals surface area contributed by atoms with Gasteiger partial charge in [-0.15, -0.1) is 0 Å². The largest absolute Gasteiger partial charge is 0.385 e. The zero-order valence-corrected chi connectivity index (χ0v) is 14.0. The number of ether oxygens (including phenoxy) is 1. The van der Waals surface area contributed by atoms with Crippen molar-refractivity contribution in [2.45, 2.75) is 32.7 Å². The van der Waals surface area contributed by atoms with Crippen molar-refractivity contribution in [3.05, 3.63) is 29.3 Å². The van der Waals surface area contributed by atoms with E-state index in [0.29, 0.717) is 26.1 Å². The molecule has 1 aromatic carbocycles. The topological polar surface area (TPSA) is 70.7 Å². The number of rotatable bonds is 6. The standard InChI is InChI=1S/C17H25N3O3/c1-12-5-6-15(9-13(12)2)20-11-14(10-16(20)21)19-17(22)18-7-4-8-23-3/h5-6,9,14H,4,7-8,10-11H2,1-3H3,(H2,18,19,22). The summed E-state index contributed by atoms with van der Waals surface area (Å²) in [6, 6.07) is 5.59. The number of carbonyl (C=O) groups excluding carboxylic acids is 2. The summed E-state index contributed by atoms with van der Waals surface area (Å²) in [5, 5.41) is 5.63. The number of carbonyl (C=O) groups is 2. The lowest BCUT2D eigenvalue weighted by molar-refractivity contribution is -0.117. The Morgan fingerprint density at radius 1 is 1.35 bits per heavy atom. The van der Waals surface area contributed by atoms with Gasteiger partial charge >= 0.3 is 6.03 Å². The Hall–Kier alpha value is -2.08. The molecule has 1 unspecified atom stereocenters. The molecule has 6 nitrogen and oxygen atoms in total. The van der Waals surface area contributed by atoms with Crippen LogP contribution >= 0.6 is 0 Å². The van der Waals surface area contributed by atoms with Gasteiger partial charge in [0, 0.05) is 38.9 Å². The molecule has 0 aliphatic carbocycles. The molecule has 1 heterocycles. The second kappa shape index (κ2) is 7.97. The lowest BCUT2D eigenvalue weighted by atomic mass is 10.1. The van der Waals surface area contributed by atoms with E-state index in [1.807, 2.05) is 32.0 Å². The molecule has 1 saturated heterocycles. The number of methoxy groups -OCH3 is 1. The first kappa shape index (κ1) is 17.3. The fourth-order valence-electron chi connectivity index (χ4n) is 2.60. The summed E-state index contributed by atoms with van der Waals surface area (Å²) in [6.07, 6.45) is 1.10. The highest BCUT2D eigenvalue weighted by molar-refractivity contribution is 5.96. The number of aryl methyl sites for hydroxylation is 2. The summed E-state index contributed by atoms with van der Waals surface area (Å²) in [5.41, 5.74) is 3.25. The van der Waals surface area contributed by atoms with Crippen LogP contribution in [0.4, 0.5) is 10.5 Å². The molecule has 23 heavy (non-hydrogen) atoms. The van der Waals surface area contributed by atoms with Gasteiger partial charge in [-0.3, -0.25) is 4.79 Å². The van der Waals surface area contributed by atoms with Gasteiger partial charge in [0.1, 0.15) is 0 Å². The summed E-state index contributed by atoms with van der Waals surface area (Å²) in [5.74, 6) is 0.0398. The molecule has 1 aromatic rings. The molecule has 126 valence electrons. The van der Waals surface area contributed by atoms with E-state index >= 15 is 0 Å². The van der Waals surface area contributed by atoms with E-state index in [2.05, 4.69) is 10.6 Å². The average molecular weight is 319 g/mol. The fourth-order valence-corrected chi connectivity index (χ4v) is 2.60. The Morgan fingerprint density at radius 3 is 2.83 bits per heavy atom. The highest BCUT2D eigenvalue weighted by Gasteiger charge is 2.31. The Bertz CT molecular complexity index is 574. The number of nitrogens with one attached hydrogen (secondary N) is 2. The minimum Gasteiger partial charge on any atom is -0.385 e. The molecular weight excluding hydrogens is 294 g/mol. The van der Waals surface area contributed by atoms with E-state index in [-0.39, 0.29) is 18.0 Å². The van der Waals surface area contributed by atoms with E-state index in [1.165, 1.54) is 5.56 Å². The van der Waals surface area contributed by atoms with Gasteiger partial charge in [0.25, 0.3) is 0 Å². The van der Waals surface area contributed by atoms with Crippen LogP contribution in [0.1, 0.15) is 24.0 Å². The van der Waals surface area contributed by atoms with Crippen LogP contribution in [0.2, 0.25) is 0 Å². The van der Waals surface area contributed by atoms with Gasteiger partial charge in [0.15, 0.2) is 0 Å². The Morgan fingerprint density at radius 2 is 2.13 bits per heavy atom.